The SMILES string of the molecule is COc1ccc(C(=O)C2=CC34C=CC25C(CCC2(C)C5CCC2(O)CN2CCC(Cc5ccccc5)CC2)C3(C)CCC(O)C4)cc1. The number of β-amino-alcohol motifs (C(OH)–C–C–N with tert-alkyl or cyclic N) is 1. The van der Waals surface area contributed by atoms with E-state index in [0.717, 1.165) is 75.9 Å². The van der Waals surface area contributed by atoms with Crippen molar-refractivity contribution < 1.29 is 19.7 Å². The third-order valence-corrected chi connectivity index (χ3v) is 14.9. The van der Waals surface area contributed by atoms with Crippen molar-refractivity contribution in [1.82, 2.24) is 4.90 Å². The second kappa shape index (κ2) is 11.1. The lowest BCUT2D eigenvalue weighted by molar-refractivity contribution is -0.177. The topological polar surface area (TPSA) is 70.0 Å². The maximum Gasteiger partial charge on any atom is 0.189 e. The highest BCUT2D eigenvalue weighted by molar-refractivity contribution is 6.10. The number of hydrogen-bond acceptors (Lipinski definition) is 5. The molecule has 2 aromatic carbocycles. The van der Waals surface area contributed by atoms with Gasteiger partial charge < -0.3 is 19.8 Å². The molecule has 7 aliphatic rings. The van der Waals surface area contributed by atoms with Crippen LogP contribution in [0.25, 0.3) is 0 Å². The molecule has 47 heavy (non-hydrogen) atoms. The van der Waals surface area contributed by atoms with Gasteiger partial charge in [0.1, 0.15) is 5.75 Å². The van der Waals surface area contributed by atoms with Crippen molar-refractivity contribution in [2.45, 2.75) is 89.8 Å². The van der Waals surface area contributed by atoms with Crippen molar-refractivity contribution >= 4 is 5.78 Å². The van der Waals surface area contributed by atoms with Gasteiger partial charge in [0.05, 0.1) is 18.8 Å². The van der Waals surface area contributed by atoms with Crippen molar-refractivity contribution in [3.63, 3.8) is 0 Å². The number of aliphatic hydroxyl groups excluding tert-OH is 1. The molecule has 3 saturated carbocycles. The standard InChI is InChI=1S/C42H53NO4/c1-38-18-13-32(44)26-40(38)21-22-42(34(27-40)37(45)31-9-11-33(47-3)12-10-31)35(38)14-19-39(2)36(42)15-20-41(39,46)28-43-23-16-30(17-24-43)25-29-7-5-4-6-8-29/h4-12,21-22,27,30,32,35-36,44,46H,13-20,23-26,28H2,1-3H3. The van der Waals surface area contributed by atoms with Crippen LogP contribution in [0.1, 0.15) is 87.6 Å². The third kappa shape index (κ3) is 4.55. The van der Waals surface area contributed by atoms with Gasteiger partial charge in [-0.25, -0.2) is 0 Å². The fraction of sp³-hybridized carbons (Fsp3) is 0.595. The number of methoxy groups -OCH3 is 1. The highest BCUT2D eigenvalue weighted by Gasteiger charge is 2.74. The zero-order valence-corrected chi connectivity index (χ0v) is 28.6. The van der Waals surface area contributed by atoms with Crippen LogP contribution in [0.15, 0.2) is 78.4 Å². The van der Waals surface area contributed by atoms with E-state index in [-0.39, 0.29) is 34.1 Å². The Bertz CT molecular complexity index is 1580. The van der Waals surface area contributed by atoms with Gasteiger partial charge in [-0.2, -0.15) is 0 Å². The number of fused-ring (bicyclic) bond motifs is 1. The van der Waals surface area contributed by atoms with E-state index in [2.05, 4.69) is 67.3 Å². The van der Waals surface area contributed by atoms with Crippen LogP contribution < -0.4 is 4.74 Å². The monoisotopic (exact) mass is 635 g/mol. The van der Waals surface area contributed by atoms with Gasteiger partial charge >= 0.3 is 0 Å². The number of aliphatic hydroxyl groups is 2. The van der Waals surface area contributed by atoms with Crippen LogP contribution in [-0.4, -0.2) is 59.3 Å². The highest BCUT2D eigenvalue weighted by Crippen LogP contribution is 2.78. The molecule has 4 fully saturated rings. The van der Waals surface area contributed by atoms with Gasteiger partial charge in [-0.3, -0.25) is 4.79 Å². The average Bonchev–Trinajstić information content (AvgIpc) is 3.35. The summed E-state index contributed by atoms with van der Waals surface area (Å²) in [5.41, 5.74) is 1.20. The van der Waals surface area contributed by atoms with Crippen LogP contribution in [0.2, 0.25) is 0 Å². The quantitative estimate of drug-likeness (QED) is 0.245. The fourth-order valence-corrected chi connectivity index (χ4v) is 12.2. The third-order valence-electron chi connectivity index (χ3n) is 14.9. The highest BCUT2D eigenvalue weighted by atomic mass is 16.5. The van der Waals surface area contributed by atoms with E-state index < -0.39 is 11.0 Å². The van der Waals surface area contributed by atoms with Gasteiger partial charge in [0.25, 0.3) is 0 Å². The molecular formula is C42H53NO4. The van der Waals surface area contributed by atoms with Gasteiger partial charge in [0.15, 0.2) is 5.78 Å². The number of carbonyl (C=O) groups excluding carboxylic acids is 1. The van der Waals surface area contributed by atoms with Gasteiger partial charge in [0.2, 0.25) is 0 Å². The van der Waals surface area contributed by atoms with Crippen LogP contribution in [-0.2, 0) is 6.42 Å². The molecule has 0 aromatic heterocycles. The van der Waals surface area contributed by atoms with E-state index in [1.807, 2.05) is 24.3 Å². The van der Waals surface area contributed by atoms with Crippen LogP contribution in [0.5, 0.6) is 5.75 Å². The first-order valence-electron chi connectivity index (χ1n) is 18.4. The predicted octanol–water partition coefficient (Wildman–Crippen LogP) is 7.42. The largest absolute Gasteiger partial charge is 0.497 e. The maximum atomic E-state index is 14.8. The Morgan fingerprint density at radius 2 is 1.55 bits per heavy atom. The predicted molar refractivity (Wildman–Crippen MR) is 185 cm³/mol. The molecule has 2 bridgehead atoms. The number of Topliss-reactive ketones (excluding diaryl/α,β-unsaturated/α-hetero) is 1. The smallest absolute Gasteiger partial charge is 0.189 e. The zero-order chi connectivity index (χ0) is 32.7. The minimum Gasteiger partial charge on any atom is -0.497 e. The maximum absolute atomic E-state index is 14.8. The number of carbonyl (C=O) groups is 1. The number of benzene rings is 2. The zero-order valence-electron chi connectivity index (χ0n) is 28.6. The van der Waals surface area contributed by atoms with Crippen LogP contribution in [0.4, 0.5) is 0 Å². The van der Waals surface area contributed by atoms with Crippen LogP contribution in [0.3, 0.4) is 0 Å². The molecular weight excluding hydrogens is 582 g/mol. The van der Waals surface area contributed by atoms with E-state index in [4.69, 9.17) is 4.74 Å². The molecule has 0 radical (unpaired) electrons. The summed E-state index contributed by atoms with van der Waals surface area (Å²) in [6, 6.07) is 18.4. The average molecular weight is 636 g/mol. The van der Waals surface area contributed by atoms with Crippen LogP contribution >= 0.6 is 0 Å². The number of likely N-dealkylation sites (tertiary alicyclic amines) is 1. The lowest BCUT2D eigenvalue weighted by Gasteiger charge is -2.71. The van der Waals surface area contributed by atoms with E-state index in [1.165, 1.54) is 18.4 Å². The molecule has 1 saturated heterocycles. The van der Waals surface area contributed by atoms with Gasteiger partial charge in [-0.1, -0.05) is 62.4 Å². The molecule has 2 spiro atoms. The Labute approximate surface area is 281 Å². The number of ketones is 1. The minimum absolute atomic E-state index is 0.0205. The lowest BCUT2D eigenvalue weighted by atomic mass is 9.32. The van der Waals surface area contributed by atoms with E-state index >= 15 is 0 Å². The Balaban J connectivity index is 1.11. The van der Waals surface area contributed by atoms with Gasteiger partial charge in [-0.05, 0) is 130 Å². The number of allylic oxidation sites excluding steroid dienone is 4. The molecule has 5 heteroatoms. The molecule has 5 nitrogen and oxygen atoms in total. The summed E-state index contributed by atoms with van der Waals surface area (Å²) in [6.07, 6.45) is 16.5. The minimum atomic E-state index is -0.790. The molecule has 250 valence electrons. The van der Waals surface area contributed by atoms with Crippen molar-refractivity contribution in [2.24, 2.45) is 39.4 Å². The van der Waals surface area contributed by atoms with E-state index in [1.54, 1.807) is 7.11 Å². The molecule has 1 heterocycles. The Kier molecular flexibility index (Phi) is 7.48. The van der Waals surface area contributed by atoms with Gasteiger partial charge in [0, 0.05) is 33.9 Å². The normalized spacial score (nSPS) is 41.1. The summed E-state index contributed by atoms with van der Waals surface area (Å²) < 4.78 is 5.41. The Morgan fingerprint density at radius 1 is 0.872 bits per heavy atom. The second-order valence-electron chi connectivity index (χ2n) is 16.8. The molecule has 8 atom stereocenters. The van der Waals surface area contributed by atoms with E-state index in [0.29, 0.717) is 23.8 Å². The fourth-order valence-electron chi connectivity index (χ4n) is 12.2. The van der Waals surface area contributed by atoms with Crippen molar-refractivity contribution in [1.29, 1.82) is 0 Å². The molecule has 9 rings (SSSR count). The second-order valence-corrected chi connectivity index (χ2v) is 16.8. The molecule has 6 aliphatic carbocycles. The van der Waals surface area contributed by atoms with Crippen molar-refractivity contribution in [3.05, 3.63) is 89.5 Å². The summed E-state index contributed by atoms with van der Waals surface area (Å²) >= 11 is 0. The lowest BCUT2D eigenvalue weighted by Crippen LogP contribution is -2.67. The number of ether oxygens (including phenoxy) is 1. The van der Waals surface area contributed by atoms with E-state index in [9.17, 15) is 15.0 Å². The molecule has 0 amide bonds. The first kappa shape index (κ1) is 31.5. The molecule has 1 aliphatic heterocycles. The number of piperidine rings is 1. The Morgan fingerprint density at radius 3 is 2.28 bits per heavy atom. The number of rotatable bonds is 7. The number of nitrogens with zero attached hydrogens (tertiary/aromatic N) is 1. The molecule has 8 unspecified atom stereocenters. The summed E-state index contributed by atoms with van der Waals surface area (Å²) in [7, 11) is 1.65. The van der Waals surface area contributed by atoms with Crippen molar-refractivity contribution in [3.8, 4) is 5.75 Å². The summed E-state index contributed by atoms with van der Waals surface area (Å²) in [6.45, 7) is 7.62. The summed E-state index contributed by atoms with van der Waals surface area (Å²) in [5, 5.41) is 23.8. The first-order valence-corrected chi connectivity index (χ1v) is 18.4. The van der Waals surface area contributed by atoms with Gasteiger partial charge in [-0.15, -0.1) is 0 Å². The van der Waals surface area contributed by atoms with Crippen LogP contribution in [0, 0.1) is 39.4 Å². The first-order chi connectivity index (χ1) is 22.6. The summed E-state index contributed by atoms with van der Waals surface area (Å²) in [5.74, 6) is 2.03. The molecule has 2 aromatic rings. The number of hydrogen-bond donors (Lipinski definition) is 2. The van der Waals surface area contributed by atoms with Crippen molar-refractivity contribution in [2.75, 3.05) is 26.7 Å². The molecule has 2 N–H and O–H groups in total. The Hall–Kier alpha value is -2.73. The summed E-state index contributed by atoms with van der Waals surface area (Å²) in [4.78, 5) is 17.3.